The Bertz CT molecular complexity index is 614. The van der Waals surface area contributed by atoms with Gasteiger partial charge in [-0.3, -0.25) is 4.79 Å². The molecule has 6 heteroatoms. The maximum Gasteiger partial charge on any atom is 0.227 e. The number of hydrogen-bond donors (Lipinski definition) is 0. The van der Waals surface area contributed by atoms with Crippen molar-refractivity contribution >= 4 is 44.0 Å². The maximum atomic E-state index is 12.0. The molecule has 2 aliphatic rings. The van der Waals surface area contributed by atoms with Gasteiger partial charge < -0.3 is 4.90 Å². The average molecular weight is 377 g/mol. The number of carbonyl (C=O) groups is 1. The van der Waals surface area contributed by atoms with Crippen molar-refractivity contribution in [1.29, 1.82) is 0 Å². The minimum absolute atomic E-state index is 0.0274. The molecule has 2 aliphatic heterocycles. The predicted molar refractivity (Wildman–Crippen MR) is 77.2 cm³/mol. The lowest BCUT2D eigenvalue weighted by Gasteiger charge is -2.23. The number of halogens is 1. The number of amides is 1. The molecule has 0 unspecified atom stereocenters. The molecule has 0 saturated carbocycles. The van der Waals surface area contributed by atoms with Gasteiger partial charge in [0.05, 0.1) is 17.5 Å². The molecule has 18 heavy (non-hydrogen) atoms. The molecular weight excluding hydrogens is 365 g/mol. The van der Waals surface area contributed by atoms with E-state index in [1.54, 1.807) is 4.90 Å². The van der Waals surface area contributed by atoms with E-state index in [2.05, 4.69) is 22.6 Å². The van der Waals surface area contributed by atoms with Crippen molar-refractivity contribution in [2.45, 2.75) is 12.5 Å². The van der Waals surface area contributed by atoms with Crippen molar-refractivity contribution in [3.63, 3.8) is 0 Å². The number of hydrogen-bond acceptors (Lipinski definition) is 3. The summed E-state index contributed by atoms with van der Waals surface area (Å²) in [6.07, 6.45) is 0.357. The van der Waals surface area contributed by atoms with E-state index >= 15 is 0 Å². The second-order valence-corrected chi connectivity index (χ2v) is 8.25. The topological polar surface area (TPSA) is 54.5 Å². The van der Waals surface area contributed by atoms with Crippen LogP contribution >= 0.6 is 22.6 Å². The molecule has 2 atom stereocenters. The molecule has 4 nitrogen and oxygen atoms in total. The van der Waals surface area contributed by atoms with Gasteiger partial charge in [0, 0.05) is 21.6 Å². The van der Waals surface area contributed by atoms with Crippen molar-refractivity contribution in [1.82, 2.24) is 0 Å². The zero-order valence-electron chi connectivity index (χ0n) is 9.54. The highest BCUT2D eigenvalue weighted by atomic mass is 127. The summed E-state index contributed by atoms with van der Waals surface area (Å²) in [6, 6.07) is 7.47. The molecule has 0 radical (unpaired) electrons. The van der Waals surface area contributed by atoms with Crippen LogP contribution in [0.1, 0.15) is 6.42 Å². The molecule has 2 saturated heterocycles. The standard InChI is InChI=1S/C12H12INO3S/c13-9-2-1-3-10(5-9)14-11-7-18(16,17)6-8(11)4-12(14)15/h1-3,5,8,11H,4,6-7H2/t8-,11-/m0/s1. The first-order valence-electron chi connectivity index (χ1n) is 5.74. The zero-order valence-corrected chi connectivity index (χ0v) is 12.5. The number of benzene rings is 1. The molecule has 0 spiro atoms. The van der Waals surface area contributed by atoms with E-state index in [1.807, 2.05) is 24.3 Å². The van der Waals surface area contributed by atoms with Crippen molar-refractivity contribution in [2.24, 2.45) is 5.92 Å². The average Bonchev–Trinajstić information content (AvgIpc) is 2.68. The lowest BCUT2D eigenvalue weighted by molar-refractivity contribution is -0.117. The summed E-state index contributed by atoms with van der Waals surface area (Å²) < 4.78 is 24.4. The molecule has 0 aliphatic carbocycles. The van der Waals surface area contributed by atoms with Gasteiger partial charge in [0.25, 0.3) is 0 Å². The monoisotopic (exact) mass is 377 g/mol. The highest BCUT2D eigenvalue weighted by Gasteiger charge is 2.49. The highest BCUT2D eigenvalue weighted by Crippen LogP contribution is 2.37. The quantitative estimate of drug-likeness (QED) is 0.697. The van der Waals surface area contributed by atoms with Crippen LogP contribution in [-0.2, 0) is 14.6 Å². The van der Waals surface area contributed by atoms with E-state index < -0.39 is 9.84 Å². The Balaban J connectivity index is 1.99. The first-order chi connectivity index (χ1) is 8.46. The molecule has 0 N–H and O–H groups in total. The van der Waals surface area contributed by atoms with E-state index in [4.69, 9.17) is 0 Å². The SMILES string of the molecule is O=C1C[C@H]2CS(=O)(=O)C[C@@H]2N1c1cccc(I)c1. The van der Waals surface area contributed by atoms with Crippen LogP contribution in [0.15, 0.2) is 24.3 Å². The predicted octanol–water partition coefficient (Wildman–Crippen LogP) is 1.44. The number of sulfone groups is 1. The zero-order chi connectivity index (χ0) is 12.9. The summed E-state index contributed by atoms with van der Waals surface area (Å²) in [5, 5.41) is 0. The van der Waals surface area contributed by atoms with Gasteiger partial charge in [0.1, 0.15) is 0 Å². The molecule has 3 rings (SSSR count). The Morgan fingerprint density at radius 2 is 2.06 bits per heavy atom. The first kappa shape index (κ1) is 12.4. The van der Waals surface area contributed by atoms with Gasteiger partial charge in [-0.1, -0.05) is 6.07 Å². The molecule has 2 heterocycles. The summed E-state index contributed by atoms with van der Waals surface area (Å²) >= 11 is 2.19. The minimum Gasteiger partial charge on any atom is -0.308 e. The summed E-state index contributed by atoms with van der Waals surface area (Å²) in [5.74, 6) is 0.279. The van der Waals surface area contributed by atoms with Gasteiger partial charge in [-0.2, -0.15) is 0 Å². The van der Waals surface area contributed by atoms with Crippen LogP contribution in [0.3, 0.4) is 0 Å². The van der Waals surface area contributed by atoms with Gasteiger partial charge in [-0.15, -0.1) is 0 Å². The van der Waals surface area contributed by atoms with E-state index in [0.717, 1.165) is 9.26 Å². The van der Waals surface area contributed by atoms with Crippen molar-refractivity contribution in [3.05, 3.63) is 27.8 Å². The van der Waals surface area contributed by atoms with Crippen molar-refractivity contribution in [2.75, 3.05) is 16.4 Å². The Kier molecular flexibility index (Phi) is 2.89. The third-order valence-corrected chi connectivity index (χ3v) is 6.02. The van der Waals surface area contributed by atoms with Crippen LogP contribution in [0, 0.1) is 9.49 Å². The van der Waals surface area contributed by atoms with Gasteiger partial charge in [-0.25, -0.2) is 8.42 Å². The fraction of sp³-hybridized carbons (Fsp3) is 0.417. The van der Waals surface area contributed by atoms with Crippen molar-refractivity contribution in [3.8, 4) is 0 Å². The molecular formula is C12H12INO3S. The summed E-state index contributed by atoms with van der Waals surface area (Å²) in [5.41, 5.74) is 0.816. The minimum atomic E-state index is -2.98. The molecule has 96 valence electrons. The number of anilines is 1. The number of rotatable bonds is 1. The Morgan fingerprint density at radius 3 is 2.78 bits per heavy atom. The first-order valence-corrected chi connectivity index (χ1v) is 8.64. The van der Waals surface area contributed by atoms with Crippen LogP contribution < -0.4 is 4.90 Å². The van der Waals surface area contributed by atoms with Crippen LogP contribution in [0.2, 0.25) is 0 Å². The van der Waals surface area contributed by atoms with E-state index in [1.165, 1.54) is 0 Å². The Morgan fingerprint density at radius 1 is 1.28 bits per heavy atom. The highest BCUT2D eigenvalue weighted by molar-refractivity contribution is 14.1. The van der Waals surface area contributed by atoms with Crippen LogP contribution in [0.5, 0.6) is 0 Å². The van der Waals surface area contributed by atoms with Crippen LogP contribution in [0.4, 0.5) is 5.69 Å². The van der Waals surface area contributed by atoms with Gasteiger partial charge >= 0.3 is 0 Å². The van der Waals surface area contributed by atoms with E-state index in [-0.39, 0.29) is 29.4 Å². The molecule has 0 aromatic heterocycles. The number of carbonyl (C=O) groups excluding carboxylic acids is 1. The summed E-state index contributed by atoms with van der Waals surface area (Å²) in [4.78, 5) is 13.7. The lowest BCUT2D eigenvalue weighted by Crippen LogP contribution is -2.36. The largest absolute Gasteiger partial charge is 0.308 e. The molecule has 1 aromatic carbocycles. The van der Waals surface area contributed by atoms with Crippen LogP contribution in [-0.4, -0.2) is 31.9 Å². The Hall–Kier alpha value is -0.630. The van der Waals surface area contributed by atoms with Gasteiger partial charge in [0.15, 0.2) is 9.84 Å². The van der Waals surface area contributed by atoms with Crippen molar-refractivity contribution < 1.29 is 13.2 Å². The maximum absolute atomic E-state index is 12.0. The molecule has 1 aromatic rings. The number of nitrogens with zero attached hydrogens (tertiary/aromatic N) is 1. The van der Waals surface area contributed by atoms with E-state index in [9.17, 15) is 13.2 Å². The molecule has 2 fully saturated rings. The van der Waals surface area contributed by atoms with Crippen LogP contribution in [0.25, 0.3) is 0 Å². The summed E-state index contributed by atoms with van der Waals surface area (Å²) in [7, 11) is -2.98. The fourth-order valence-electron chi connectivity index (χ4n) is 2.85. The van der Waals surface area contributed by atoms with E-state index in [0.29, 0.717) is 6.42 Å². The lowest BCUT2D eigenvalue weighted by atomic mass is 10.1. The van der Waals surface area contributed by atoms with Gasteiger partial charge in [-0.05, 0) is 40.8 Å². The third kappa shape index (κ3) is 2.05. The molecule has 1 amide bonds. The van der Waals surface area contributed by atoms with Gasteiger partial charge in [0.2, 0.25) is 5.91 Å². The second-order valence-electron chi connectivity index (χ2n) is 4.85. The second kappa shape index (κ2) is 4.19. The fourth-order valence-corrected chi connectivity index (χ4v) is 5.45. The third-order valence-electron chi connectivity index (χ3n) is 3.56. The Labute approximate surface area is 119 Å². The summed E-state index contributed by atoms with van der Waals surface area (Å²) in [6.45, 7) is 0. The molecule has 0 bridgehead atoms. The number of fused-ring (bicyclic) bond motifs is 1. The smallest absolute Gasteiger partial charge is 0.227 e. The normalized spacial score (nSPS) is 29.6.